The molecule has 5 nitrogen and oxygen atoms in total. The molecule has 14 heavy (non-hydrogen) atoms. The van der Waals surface area contributed by atoms with Gasteiger partial charge in [-0.2, -0.15) is 5.10 Å². The molecule has 0 saturated heterocycles. The van der Waals surface area contributed by atoms with E-state index in [1.165, 1.54) is 17.4 Å². The van der Waals surface area contributed by atoms with Gasteiger partial charge >= 0.3 is 5.97 Å². The number of aliphatic carboxylic acids is 1. The summed E-state index contributed by atoms with van der Waals surface area (Å²) >= 11 is 0. The van der Waals surface area contributed by atoms with Gasteiger partial charge in [0.2, 0.25) is 0 Å². The molecule has 0 bridgehead atoms. The molecule has 1 aromatic heterocycles. The number of carboxylic acid groups (broad SMARTS) is 1. The Kier molecular flexibility index (Phi) is 2.23. The molecule has 1 saturated carbocycles. The fourth-order valence-corrected chi connectivity index (χ4v) is 1.44. The fourth-order valence-electron chi connectivity index (χ4n) is 1.44. The molecule has 1 aliphatic carbocycles. The highest BCUT2D eigenvalue weighted by Crippen LogP contribution is 2.34. The molecule has 2 rings (SSSR count). The van der Waals surface area contributed by atoms with Crippen LogP contribution in [0, 0.1) is 0 Å². The van der Waals surface area contributed by atoms with Crippen molar-refractivity contribution in [1.29, 1.82) is 0 Å². The van der Waals surface area contributed by atoms with Crippen molar-refractivity contribution in [3.05, 3.63) is 12.2 Å². The summed E-state index contributed by atoms with van der Waals surface area (Å²) in [4.78, 5) is 14.8. The number of rotatable bonds is 3. The quantitative estimate of drug-likeness (QED) is 0.786. The van der Waals surface area contributed by atoms with Gasteiger partial charge in [0.25, 0.3) is 0 Å². The van der Waals surface area contributed by atoms with E-state index in [-0.39, 0.29) is 0 Å². The molecule has 1 atom stereocenters. The minimum absolute atomic E-state index is 0.456. The lowest BCUT2D eigenvalue weighted by Gasteiger charge is -2.21. The Bertz CT molecular complexity index is 344. The normalized spacial score (nSPS) is 18.9. The number of carbonyl (C=O) groups is 1. The highest BCUT2D eigenvalue weighted by molar-refractivity contribution is 5.71. The second kappa shape index (κ2) is 3.40. The van der Waals surface area contributed by atoms with Crippen LogP contribution in [0.2, 0.25) is 0 Å². The van der Waals surface area contributed by atoms with Crippen molar-refractivity contribution in [3.8, 4) is 0 Å². The summed E-state index contributed by atoms with van der Waals surface area (Å²) in [6.07, 6.45) is 5.00. The van der Waals surface area contributed by atoms with E-state index >= 15 is 0 Å². The van der Waals surface area contributed by atoms with Crippen LogP contribution >= 0.6 is 0 Å². The summed E-state index contributed by atoms with van der Waals surface area (Å²) in [6.45, 7) is 1.60. The number of aromatic nitrogens is 3. The standard InChI is InChI=1S/C9H13N3O2/c1-6(9(13)14)12-5-10-8(11-12)7-3-2-4-7/h5-7H,2-4H2,1H3,(H,13,14). The summed E-state index contributed by atoms with van der Waals surface area (Å²) < 4.78 is 1.41. The van der Waals surface area contributed by atoms with Crippen molar-refractivity contribution in [2.24, 2.45) is 0 Å². The Hall–Kier alpha value is -1.39. The molecule has 5 heteroatoms. The molecule has 1 heterocycles. The molecule has 1 N–H and O–H groups in total. The van der Waals surface area contributed by atoms with Gasteiger partial charge in [-0.15, -0.1) is 0 Å². The lowest BCUT2D eigenvalue weighted by atomic mass is 9.85. The van der Waals surface area contributed by atoms with Gasteiger partial charge in [-0.3, -0.25) is 0 Å². The molecule has 0 spiro atoms. The lowest BCUT2D eigenvalue weighted by molar-refractivity contribution is -0.140. The zero-order valence-electron chi connectivity index (χ0n) is 8.05. The van der Waals surface area contributed by atoms with E-state index in [1.54, 1.807) is 6.92 Å². The third-order valence-corrected chi connectivity index (χ3v) is 2.75. The zero-order chi connectivity index (χ0) is 10.1. The van der Waals surface area contributed by atoms with E-state index in [9.17, 15) is 4.79 Å². The van der Waals surface area contributed by atoms with Gasteiger partial charge < -0.3 is 5.11 Å². The second-order valence-electron chi connectivity index (χ2n) is 3.72. The third-order valence-electron chi connectivity index (χ3n) is 2.75. The molecule has 0 amide bonds. The first-order valence-corrected chi connectivity index (χ1v) is 4.82. The number of carboxylic acids is 1. The first-order valence-electron chi connectivity index (χ1n) is 4.82. The molecule has 1 unspecified atom stereocenters. The van der Waals surface area contributed by atoms with Gasteiger partial charge in [0.05, 0.1) is 0 Å². The van der Waals surface area contributed by atoms with Crippen LogP contribution in [-0.4, -0.2) is 25.8 Å². The summed E-state index contributed by atoms with van der Waals surface area (Å²) in [5.41, 5.74) is 0. The Labute approximate surface area is 81.8 Å². The van der Waals surface area contributed by atoms with Crippen molar-refractivity contribution >= 4 is 5.97 Å². The Morgan fingerprint density at radius 1 is 1.71 bits per heavy atom. The van der Waals surface area contributed by atoms with Crippen LogP contribution in [0.25, 0.3) is 0 Å². The van der Waals surface area contributed by atoms with Crippen molar-refractivity contribution in [2.45, 2.75) is 38.1 Å². The SMILES string of the molecule is CC(C(=O)O)n1cnc(C2CCC2)n1. The average molecular weight is 195 g/mol. The van der Waals surface area contributed by atoms with Gasteiger partial charge in [0, 0.05) is 5.92 Å². The van der Waals surface area contributed by atoms with Crippen LogP contribution in [0.15, 0.2) is 6.33 Å². The van der Waals surface area contributed by atoms with Crippen LogP contribution < -0.4 is 0 Å². The highest BCUT2D eigenvalue weighted by Gasteiger charge is 2.24. The predicted molar refractivity (Wildman–Crippen MR) is 49.0 cm³/mol. The molecular weight excluding hydrogens is 182 g/mol. The van der Waals surface area contributed by atoms with Crippen molar-refractivity contribution in [3.63, 3.8) is 0 Å². The van der Waals surface area contributed by atoms with Crippen LogP contribution in [0.3, 0.4) is 0 Å². The monoisotopic (exact) mass is 195 g/mol. The van der Waals surface area contributed by atoms with E-state index in [0.29, 0.717) is 5.92 Å². The minimum atomic E-state index is -0.880. The Morgan fingerprint density at radius 2 is 2.43 bits per heavy atom. The highest BCUT2D eigenvalue weighted by atomic mass is 16.4. The maximum absolute atomic E-state index is 10.7. The van der Waals surface area contributed by atoms with Crippen molar-refractivity contribution in [1.82, 2.24) is 14.8 Å². The summed E-state index contributed by atoms with van der Waals surface area (Å²) in [7, 11) is 0. The number of hydrogen-bond acceptors (Lipinski definition) is 3. The second-order valence-corrected chi connectivity index (χ2v) is 3.72. The summed E-state index contributed by atoms with van der Waals surface area (Å²) in [5.74, 6) is 0.372. The first-order chi connectivity index (χ1) is 6.68. The van der Waals surface area contributed by atoms with E-state index in [2.05, 4.69) is 10.1 Å². The smallest absolute Gasteiger partial charge is 0.328 e. The van der Waals surface area contributed by atoms with Gasteiger partial charge in [-0.05, 0) is 19.8 Å². The van der Waals surface area contributed by atoms with Gasteiger partial charge in [0.1, 0.15) is 12.4 Å². The largest absolute Gasteiger partial charge is 0.480 e. The van der Waals surface area contributed by atoms with E-state index < -0.39 is 12.0 Å². The zero-order valence-corrected chi connectivity index (χ0v) is 8.05. The van der Waals surface area contributed by atoms with Crippen LogP contribution in [0.5, 0.6) is 0 Å². The maximum atomic E-state index is 10.7. The first kappa shape index (κ1) is 9.18. The van der Waals surface area contributed by atoms with Crippen LogP contribution in [0.1, 0.15) is 44.0 Å². The molecule has 0 aliphatic heterocycles. The molecule has 1 fully saturated rings. The average Bonchev–Trinajstić information content (AvgIpc) is 2.48. The lowest BCUT2D eigenvalue weighted by Crippen LogP contribution is -2.17. The van der Waals surface area contributed by atoms with Gasteiger partial charge in [-0.25, -0.2) is 14.5 Å². The van der Waals surface area contributed by atoms with Crippen LogP contribution in [-0.2, 0) is 4.79 Å². The fraction of sp³-hybridized carbons (Fsp3) is 0.667. The molecule has 1 aromatic rings. The number of hydrogen-bond donors (Lipinski definition) is 1. The van der Waals surface area contributed by atoms with Gasteiger partial charge in [-0.1, -0.05) is 6.42 Å². The molecule has 1 aliphatic rings. The van der Waals surface area contributed by atoms with Crippen LogP contribution in [0.4, 0.5) is 0 Å². The number of nitrogens with zero attached hydrogens (tertiary/aromatic N) is 3. The molecule has 76 valence electrons. The molecule has 0 radical (unpaired) electrons. The van der Waals surface area contributed by atoms with Gasteiger partial charge in [0.15, 0.2) is 5.82 Å². The van der Waals surface area contributed by atoms with E-state index in [4.69, 9.17) is 5.11 Å². The topological polar surface area (TPSA) is 68.0 Å². The maximum Gasteiger partial charge on any atom is 0.328 e. The predicted octanol–water partition coefficient (Wildman–Crippen LogP) is 1.19. The van der Waals surface area contributed by atoms with E-state index in [0.717, 1.165) is 18.7 Å². The van der Waals surface area contributed by atoms with E-state index in [1.807, 2.05) is 0 Å². The third kappa shape index (κ3) is 1.49. The molecular formula is C9H13N3O2. The van der Waals surface area contributed by atoms with Crippen molar-refractivity contribution in [2.75, 3.05) is 0 Å². The summed E-state index contributed by atoms with van der Waals surface area (Å²) in [5, 5.41) is 12.9. The molecule has 0 aromatic carbocycles. The minimum Gasteiger partial charge on any atom is -0.480 e. The van der Waals surface area contributed by atoms with Crippen molar-refractivity contribution < 1.29 is 9.90 Å². The Balaban J connectivity index is 2.12. The Morgan fingerprint density at radius 3 is 2.93 bits per heavy atom. The summed E-state index contributed by atoms with van der Waals surface area (Å²) in [6, 6.07) is -0.628.